The van der Waals surface area contributed by atoms with Gasteiger partial charge in [-0.05, 0) is 43.2 Å². The van der Waals surface area contributed by atoms with Gasteiger partial charge in [0.2, 0.25) is 0 Å². The number of carbonyl (C=O) groups excluding carboxylic acids is 1. The van der Waals surface area contributed by atoms with Crippen LogP contribution in [0.3, 0.4) is 0 Å². The Kier molecular flexibility index (Phi) is 4.58. The van der Waals surface area contributed by atoms with Crippen molar-refractivity contribution in [2.24, 2.45) is 0 Å². The summed E-state index contributed by atoms with van der Waals surface area (Å²) in [6.45, 7) is 3.43. The second-order valence-electron chi connectivity index (χ2n) is 4.40. The Balaban J connectivity index is 1.73. The number of rotatable bonds is 5. The maximum Gasteiger partial charge on any atom is 0.251 e. The van der Waals surface area contributed by atoms with Crippen LogP contribution in [0.4, 0.5) is 0 Å². The average Bonchev–Trinajstić information content (AvgIpc) is 2.81. The van der Waals surface area contributed by atoms with Crippen LogP contribution in [0.25, 0.3) is 0 Å². The Bertz CT molecular complexity index is 548. The van der Waals surface area contributed by atoms with Gasteiger partial charge in [-0.3, -0.25) is 9.48 Å². The lowest BCUT2D eigenvalue weighted by Gasteiger charge is -2.05. The van der Waals surface area contributed by atoms with Crippen molar-refractivity contribution in [1.82, 2.24) is 15.1 Å². The van der Waals surface area contributed by atoms with Crippen LogP contribution in [0.15, 0.2) is 36.7 Å². The first-order valence-electron chi connectivity index (χ1n) is 6.18. The van der Waals surface area contributed by atoms with Crippen LogP contribution >= 0.6 is 11.6 Å². The summed E-state index contributed by atoms with van der Waals surface area (Å²) in [4.78, 5) is 11.8. The van der Waals surface area contributed by atoms with Gasteiger partial charge in [-0.25, -0.2) is 0 Å². The molecule has 1 heterocycles. The van der Waals surface area contributed by atoms with Crippen molar-refractivity contribution in [3.63, 3.8) is 0 Å². The average molecular weight is 278 g/mol. The molecule has 1 amide bonds. The van der Waals surface area contributed by atoms with Crippen LogP contribution in [0, 0.1) is 6.92 Å². The molecule has 1 N–H and O–H groups in total. The summed E-state index contributed by atoms with van der Waals surface area (Å²) in [7, 11) is 0. The third-order valence-electron chi connectivity index (χ3n) is 2.72. The summed E-state index contributed by atoms with van der Waals surface area (Å²) in [6, 6.07) is 6.86. The maximum absolute atomic E-state index is 11.8. The lowest BCUT2D eigenvalue weighted by molar-refractivity contribution is 0.0952. The van der Waals surface area contributed by atoms with Crippen LogP contribution in [0.1, 0.15) is 22.3 Å². The number of amides is 1. The monoisotopic (exact) mass is 277 g/mol. The van der Waals surface area contributed by atoms with Gasteiger partial charge in [-0.1, -0.05) is 11.6 Å². The Morgan fingerprint density at radius 1 is 1.37 bits per heavy atom. The molecule has 2 aromatic rings. The predicted octanol–water partition coefficient (Wildman–Crippen LogP) is 2.67. The summed E-state index contributed by atoms with van der Waals surface area (Å²) in [5, 5.41) is 7.69. The van der Waals surface area contributed by atoms with Crippen molar-refractivity contribution in [3.8, 4) is 0 Å². The molecule has 0 saturated heterocycles. The van der Waals surface area contributed by atoms with Gasteiger partial charge in [0.05, 0.1) is 6.20 Å². The van der Waals surface area contributed by atoms with Crippen LogP contribution in [0.2, 0.25) is 5.02 Å². The summed E-state index contributed by atoms with van der Waals surface area (Å²) in [6.07, 6.45) is 4.66. The molecule has 0 aliphatic carbocycles. The predicted molar refractivity (Wildman–Crippen MR) is 75.4 cm³/mol. The fourth-order valence-electron chi connectivity index (χ4n) is 1.74. The molecular weight excluding hydrogens is 262 g/mol. The van der Waals surface area contributed by atoms with E-state index in [1.807, 2.05) is 24.0 Å². The molecule has 0 atom stereocenters. The van der Waals surface area contributed by atoms with E-state index in [0.29, 0.717) is 17.1 Å². The molecule has 0 aliphatic rings. The zero-order chi connectivity index (χ0) is 13.7. The van der Waals surface area contributed by atoms with Gasteiger partial charge in [0.1, 0.15) is 0 Å². The topological polar surface area (TPSA) is 46.9 Å². The van der Waals surface area contributed by atoms with Gasteiger partial charge in [-0.15, -0.1) is 0 Å². The van der Waals surface area contributed by atoms with E-state index in [1.54, 1.807) is 24.3 Å². The molecule has 2 rings (SSSR count). The van der Waals surface area contributed by atoms with Crippen molar-refractivity contribution in [1.29, 1.82) is 0 Å². The fourth-order valence-corrected chi connectivity index (χ4v) is 1.86. The van der Waals surface area contributed by atoms with Gasteiger partial charge in [0.15, 0.2) is 0 Å². The number of nitrogens with one attached hydrogen (secondary N) is 1. The highest BCUT2D eigenvalue weighted by atomic mass is 35.5. The van der Waals surface area contributed by atoms with E-state index in [1.165, 1.54) is 0 Å². The highest BCUT2D eigenvalue weighted by Gasteiger charge is 2.04. The highest BCUT2D eigenvalue weighted by molar-refractivity contribution is 6.30. The molecule has 0 bridgehead atoms. The number of aryl methyl sites for hydroxylation is 2. The number of hydrogen-bond donors (Lipinski definition) is 1. The van der Waals surface area contributed by atoms with Gasteiger partial charge < -0.3 is 5.32 Å². The van der Waals surface area contributed by atoms with Crippen molar-refractivity contribution < 1.29 is 4.79 Å². The molecule has 0 aliphatic heterocycles. The Morgan fingerprint density at radius 3 is 2.74 bits per heavy atom. The van der Waals surface area contributed by atoms with E-state index in [4.69, 9.17) is 11.6 Å². The molecule has 0 fully saturated rings. The Labute approximate surface area is 117 Å². The third-order valence-corrected chi connectivity index (χ3v) is 2.97. The summed E-state index contributed by atoms with van der Waals surface area (Å²) < 4.78 is 1.88. The molecule has 0 unspecified atom stereocenters. The maximum atomic E-state index is 11.8. The van der Waals surface area contributed by atoms with Crippen molar-refractivity contribution in [3.05, 3.63) is 52.8 Å². The minimum Gasteiger partial charge on any atom is -0.352 e. The van der Waals surface area contributed by atoms with Crippen LogP contribution in [-0.2, 0) is 6.54 Å². The van der Waals surface area contributed by atoms with Crippen LogP contribution < -0.4 is 5.32 Å². The van der Waals surface area contributed by atoms with Crippen molar-refractivity contribution in [2.45, 2.75) is 19.9 Å². The zero-order valence-corrected chi connectivity index (χ0v) is 11.5. The molecule has 4 nitrogen and oxygen atoms in total. The second-order valence-corrected chi connectivity index (χ2v) is 4.83. The number of hydrogen-bond acceptors (Lipinski definition) is 2. The standard InChI is InChI=1S/C14H16ClN3O/c1-11-9-17-18(10-11)8-2-7-16-14(19)12-3-5-13(15)6-4-12/h3-6,9-10H,2,7-8H2,1H3,(H,16,19). The number of nitrogens with zero attached hydrogens (tertiary/aromatic N) is 2. The molecule has 5 heteroatoms. The minimum absolute atomic E-state index is 0.0756. The first-order valence-corrected chi connectivity index (χ1v) is 6.56. The molecule has 1 aromatic carbocycles. The van der Waals surface area contributed by atoms with E-state index < -0.39 is 0 Å². The quantitative estimate of drug-likeness (QED) is 0.854. The first-order chi connectivity index (χ1) is 9.15. The Hall–Kier alpha value is -1.81. The number of benzene rings is 1. The lowest BCUT2D eigenvalue weighted by Crippen LogP contribution is -2.25. The van der Waals surface area contributed by atoms with E-state index in [9.17, 15) is 4.79 Å². The van der Waals surface area contributed by atoms with E-state index >= 15 is 0 Å². The van der Waals surface area contributed by atoms with E-state index in [-0.39, 0.29) is 5.91 Å². The van der Waals surface area contributed by atoms with Crippen molar-refractivity contribution in [2.75, 3.05) is 6.54 Å². The number of carbonyl (C=O) groups is 1. The molecule has 0 radical (unpaired) electrons. The van der Waals surface area contributed by atoms with Crippen molar-refractivity contribution >= 4 is 17.5 Å². The SMILES string of the molecule is Cc1cnn(CCCNC(=O)c2ccc(Cl)cc2)c1. The largest absolute Gasteiger partial charge is 0.352 e. The van der Waals surface area contributed by atoms with Gasteiger partial charge >= 0.3 is 0 Å². The third kappa shape index (κ3) is 4.10. The number of aromatic nitrogens is 2. The highest BCUT2D eigenvalue weighted by Crippen LogP contribution is 2.09. The lowest BCUT2D eigenvalue weighted by atomic mass is 10.2. The summed E-state index contributed by atoms with van der Waals surface area (Å²) in [5.74, 6) is -0.0756. The van der Waals surface area contributed by atoms with Crippen LogP contribution in [0.5, 0.6) is 0 Å². The van der Waals surface area contributed by atoms with Gasteiger partial charge in [0, 0.05) is 29.9 Å². The van der Waals surface area contributed by atoms with Gasteiger partial charge in [-0.2, -0.15) is 5.10 Å². The molecular formula is C14H16ClN3O. The molecule has 0 saturated carbocycles. The van der Waals surface area contributed by atoms with Crippen LogP contribution in [-0.4, -0.2) is 22.2 Å². The molecule has 0 spiro atoms. The summed E-state index contributed by atoms with van der Waals surface area (Å²) >= 11 is 5.77. The second kappa shape index (κ2) is 6.38. The fraction of sp³-hybridized carbons (Fsp3) is 0.286. The van der Waals surface area contributed by atoms with E-state index in [0.717, 1.165) is 18.5 Å². The minimum atomic E-state index is -0.0756. The molecule has 19 heavy (non-hydrogen) atoms. The number of halogens is 1. The Morgan fingerprint density at radius 2 is 2.11 bits per heavy atom. The normalized spacial score (nSPS) is 10.4. The first kappa shape index (κ1) is 13.6. The zero-order valence-electron chi connectivity index (χ0n) is 10.8. The smallest absolute Gasteiger partial charge is 0.251 e. The molecule has 100 valence electrons. The van der Waals surface area contributed by atoms with Gasteiger partial charge in [0.25, 0.3) is 5.91 Å². The van der Waals surface area contributed by atoms with E-state index in [2.05, 4.69) is 10.4 Å². The summed E-state index contributed by atoms with van der Waals surface area (Å²) in [5.41, 5.74) is 1.77. The molecule has 1 aromatic heterocycles.